The summed E-state index contributed by atoms with van der Waals surface area (Å²) in [5.41, 5.74) is 7.22. The minimum Gasteiger partial charge on any atom is -0.368 e. The molecule has 0 spiro atoms. The Morgan fingerprint density at radius 2 is 2.08 bits per heavy atom. The molecular weight excluding hydrogens is 351 g/mol. The monoisotopic (exact) mass is 371 g/mol. The summed E-state index contributed by atoms with van der Waals surface area (Å²) in [4.78, 5) is 11.9. The van der Waals surface area contributed by atoms with Gasteiger partial charge in [0.1, 0.15) is 0 Å². The van der Waals surface area contributed by atoms with Crippen LogP contribution in [0.1, 0.15) is 23.3 Å². The zero-order chi connectivity index (χ0) is 17.8. The molecule has 3 N–H and O–H groups in total. The quantitative estimate of drug-likeness (QED) is 0.850. The number of likely N-dealkylation sites (N-methyl/N-ethyl adjacent to an activating group) is 1. The van der Waals surface area contributed by atoms with Crippen molar-refractivity contribution >= 4 is 33.3 Å². The highest BCUT2D eigenvalue weighted by atomic mass is 32.1. The van der Waals surface area contributed by atoms with Crippen LogP contribution >= 0.6 is 11.3 Å². The molecule has 0 bridgehead atoms. The maximum absolute atomic E-state index is 13.2. The standard InChI is InChI=1S/C16H20F3N5S/c1-21-9-4-5-24(7-9)14-13-12(22-15(20)23-14)10-6-8(16(17,18)19)2-3-11(10)25-13/h8-9,21H,2-7H2,1H3,(H2,20,22,23)/t8?,9-/m1/s1. The van der Waals surface area contributed by atoms with E-state index in [4.69, 9.17) is 5.73 Å². The van der Waals surface area contributed by atoms with E-state index in [1.54, 1.807) is 0 Å². The Kier molecular flexibility index (Phi) is 4.03. The van der Waals surface area contributed by atoms with Crippen LogP contribution in [0.3, 0.4) is 0 Å². The van der Waals surface area contributed by atoms with Gasteiger partial charge in [-0.1, -0.05) is 0 Å². The summed E-state index contributed by atoms with van der Waals surface area (Å²) in [6.45, 7) is 1.67. The number of aryl methyl sites for hydroxylation is 1. The maximum Gasteiger partial charge on any atom is 0.392 e. The molecule has 2 atom stereocenters. The fraction of sp³-hybridized carbons (Fsp3) is 0.625. The van der Waals surface area contributed by atoms with Crippen LogP contribution in [0.4, 0.5) is 24.9 Å². The highest BCUT2D eigenvalue weighted by molar-refractivity contribution is 7.19. The van der Waals surface area contributed by atoms with Gasteiger partial charge in [0.25, 0.3) is 0 Å². The maximum atomic E-state index is 13.2. The fourth-order valence-corrected chi connectivity index (χ4v) is 5.12. The van der Waals surface area contributed by atoms with E-state index in [-0.39, 0.29) is 18.8 Å². The highest BCUT2D eigenvalue weighted by Crippen LogP contribution is 2.45. The third-order valence-corrected chi connectivity index (χ3v) is 6.52. The molecule has 0 aromatic carbocycles. The number of thiophene rings is 1. The number of nitrogen functional groups attached to an aromatic ring is 1. The zero-order valence-corrected chi connectivity index (χ0v) is 14.7. The van der Waals surface area contributed by atoms with E-state index in [0.29, 0.717) is 23.5 Å². The number of aromatic nitrogens is 2. The summed E-state index contributed by atoms with van der Waals surface area (Å²) >= 11 is 1.53. The summed E-state index contributed by atoms with van der Waals surface area (Å²) in [6, 6.07) is 0.385. The van der Waals surface area contributed by atoms with E-state index < -0.39 is 12.1 Å². The van der Waals surface area contributed by atoms with Gasteiger partial charge < -0.3 is 16.0 Å². The minimum absolute atomic E-state index is 0.00608. The lowest BCUT2D eigenvalue weighted by Gasteiger charge is -2.24. The van der Waals surface area contributed by atoms with Crippen LogP contribution in [0, 0.1) is 5.92 Å². The first-order chi connectivity index (χ1) is 11.9. The van der Waals surface area contributed by atoms with Crippen molar-refractivity contribution in [2.24, 2.45) is 5.92 Å². The Hall–Kier alpha value is -1.61. The molecule has 2 aromatic heterocycles. The van der Waals surface area contributed by atoms with Crippen molar-refractivity contribution in [2.75, 3.05) is 30.8 Å². The van der Waals surface area contributed by atoms with Crippen LogP contribution in [0.25, 0.3) is 10.2 Å². The number of nitrogens with one attached hydrogen (secondary N) is 1. The predicted molar refractivity (Wildman–Crippen MR) is 93.1 cm³/mol. The summed E-state index contributed by atoms with van der Waals surface area (Å²) < 4.78 is 40.3. The van der Waals surface area contributed by atoms with E-state index in [1.807, 2.05) is 7.05 Å². The summed E-state index contributed by atoms with van der Waals surface area (Å²) in [5.74, 6) is -0.397. The number of rotatable bonds is 2. The van der Waals surface area contributed by atoms with Gasteiger partial charge in [0, 0.05) is 24.0 Å². The van der Waals surface area contributed by atoms with Crippen LogP contribution in [0.15, 0.2) is 0 Å². The first kappa shape index (κ1) is 16.8. The van der Waals surface area contributed by atoms with Crippen molar-refractivity contribution < 1.29 is 13.2 Å². The first-order valence-corrected chi connectivity index (χ1v) is 9.25. The van der Waals surface area contributed by atoms with Gasteiger partial charge in [0.2, 0.25) is 5.95 Å². The molecular formula is C16H20F3N5S. The largest absolute Gasteiger partial charge is 0.392 e. The Balaban J connectivity index is 1.77. The Bertz CT molecular complexity index is 803. The number of fused-ring (bicyclic) bond motifs is 3. The first-order valence-electron chi connectivity index (χ1n) is 8.43. The molecule has 1 unspecified atom stereocenters. The molecule has 1 saturated heterocycles. The molecule has 5 nitrogen and oxygen atoms in total. The second-order valence-electron chi connectivity index (χ2n) is 6.79. The SMILES string of the molecule is CN[C@@H]1CCN(c2nc(N)nc3c4c(sc23)CCC(C(F)(F)F)C4)C1. The molecule has 0 amide bonds. The van der Waals surface area contributed by atoms with Gasteiger partial charge >= 0.3 is 6.18 Å². The van der Waals surface area contributed by atoms with Gasteiger partial charge in [-0.3, -0.25) is 0 Å². The molecule has 136 valence electrons. The Morgan fingerprint density at radius 1 is 1.28 bits per heavy atom. The Morgan fingerprint density at radius 3 is 2.76 bits per heavy atom. The molecule has 0 saturated carbocycles. The average Bonchev–Trinajstić information content (AvgIpc) is 3.17. The number of anilines is 2. The number of halogens is 3. The minimum atomic E-state index is -4.16. The molecule has 2 aliphatic rings. The number of nitrogens with zero attached hydrogens (tertiary/aromatic N) is 3. The van der Waals surface area contributed by atoms with Crippen molar-refractivity contribution in [2.45, 2.75) is 37.9 Å². The molecule has 3 heterocycles. The molecule has 1 aliphatic carbocycles. The van der Waals surface area contributed by atoms with Crippen molar-refractivity contribution in [3.8, 4) is 0 Å². The fourth-order valence-electron chi connectivity index (χ4n) is 3.82. The number of hydrogen-bond acceptors (Lipinski definition) is 6. The van der Waals surface area contributed by atoms with Gasteiger partial charge in [-0.15, -0.1) is 11.3 Å². The van der Waals surface area contributed by atoms with E-state index >= 15 is 0 Å². The van der Waals surface area contributed by atoms with Gasteiger partial charge in [0.15, 0.2) is 5.82 Å². The molecule has 2 aromatic rings. The zero-order valence-electron chi connectivity index (χ0n) is 13.9. The van der Waals surface area contributed by atoms with E-state index in [9.17, 15) is 13.2 Å². The van der Waals surface area contributed by atoms with Crippen molar-refractivity contribution in [1.82, 2.24) is 15.3 Å². The summed E-state index contributed by atoms with van der Waals surface area (Å²) in [5, 5.41) is 3.26. The van der Waals surface area contributed by atoms with Gasteiger partial charge in [-0.05, 0) is 38.3 Å². The van der Waals surface area contributed by atoms with Gasteiger partial charge in [-0.2, -0.15) is 18.2 Å². The number of hydrogen-bond donors (Lipinski definition) is 2. The number of nitrogens with two attached hydrogens (primary N) is 1. The topological polar surface area (TPSA) is 67.1 Å². The van der Waals surface area contributed by atoms with Crippen molar-refractivity contribution in [1.29, 1.82) is 0 Å². The van der Waals surface area contributed by atoms with E-state index in [0.717, 1.165) is 34.9 Å². The second kappa shape index (κ2) is 5.98. The third-order valence-electron chi connectivity index (χ3n) is 5.24. The van der Waals surface area contributed by atoms with Gasteiger partial charge in [-0.25, -0.2) is 4.98 Å². The van der Waals surface area contributed by atoms with Crippen LogP contribution in [-0.2, 0) is 12.8 Å². The lowest BCUT2D eigenvalue weighted by atomic mass is 9.87. The van der Waals surface area contributed by atoms with E-state index in [1.165, 1.54) is 11.3 Å². The lowest BCUT2D eigenvalue weighted by Crippen LogP contribution is -2.30. The number of alkyl halides is 3. The van der Waals surface area contributed by atoms with Crippen molar-refractivity contribution in [3.63, 3.8) is 0 Å². The molecule has 25 heavy (non-hydrogen) atoms. The van der Waals surface area contributed by atoms with Crippen LogP contribution in [0.2, 0.25) is 0 Å². The molecule has 1 fully saturated rings. The summed E-state index contributed by atoms with van der Waals surface area (Å²) in [6.07, 6.45) is -2.58. The second-order valence-corrected chi connectivity index (χ2v) is 7.89. The van der Waals surface area contributed by atoms with Crippen LogP contribution < -0.4 is 16.0 Å². The normalized spacial score (nSPS) is 24.1. The summed E-state index contributed by atoms with van der Waals surface area (Å²) in [7, 11) is 1.93. The Labute approximate surface area is 147 Å². The predicted octanol–water partition coefficient (Wildman–Crippen LogP) is 2.74. The lowest BCUT2D eigenvalue weighted by molar-refractivity contribution is -0.176. The molecule has 4 rings (SSSR count). The average molecular weight is 371 g/mol. The van der Waals surface area contributed by atoms with Gasteiger partial charge in [0.05, 0.1) is 16.1 Å². The third kappa shape index (κ3) is 2.93. The smallest absolute Gasteiger partial charge is 0.368 e. The van der Waals surface area contributed by atoms with Crippen LogP contribution in [0.5, 0.6) is 0 Å². The van der Waals surface area contributed by atoms with E-state index in [2.05, 4.69) is 20.2 Å². The molecule has 1 aliphatic heterocycles. The molecule has 0 radical (unpaired) electrons. The highest BCUT2D eigenvalue weighted by Gasteiger charge is 2.42. The molecule has 9 heteroatoms. The van der Waals surface area contributed by atoms with Crippen LogP contribution in [-0.4, -0.2) is 42.3 Å². The van der Waals surface area contributed by atoms with Crippen molar-refractivity contribution in [3.05, 3.63) is 10.4 Å².